The lowest BCUT2D eigenvalue weighted by Crippen LogP contribution is -2.08. The van der Waals surface area contributed by atoms with Gasteiger partial charge < -0.3 is 5.11 Å². The molecule has 0 spiro atoms. The van der Waals surface area contributed by atoms with Crippen molar-refractivity contribution in [1.29, 1.82) is 0 Å². The molecule has 0 atom stereocenters. The fourth-order valence-corrected chi connectivity index (χ4v) is 0.284. The number of hydrogen-bond acceptors (Lipinski definition) is 1. The van der Waals surface area contributed by atoms with E-state index in [1.165, 1.54) is 0 Å². The van der Waals surface area contributed by atoms with Crippen LogP contribution in [0.15, 0.2) is 11.1 Å². The highest BCUT2D eigenvalue weighted by atomic mass is 35.5. The topological polar surface area (TPSA) is 37.3 Å². The van der Waals surface area contributed by atoms with Gasteiger partial charge in [0.25, 0.3) is 0 Å². The van der Waals surface area contributed by atoms with E-state index in [0.717, 1.165) is 0 Å². The summed E-state index contributed by atoms with van der Waals surface area (Å²) in [4.78, 5) is 9.60. The fourth-order valence-electron chi connectivity index (χ4n) is 0.190. The fraction of sp³-hybridized carbons (Fsp3) is 0.250. The molecule has 1 N–H and O–H groups in total. The molecule has 0 fully saturated rings. The van der Waals surface area contributed by atoms with Crippen LogP contribution in [0.1, 0.15) is 0 Å². The number of aliphatic carboxylic acids is 1. The van der Waals surface area contributed by atoms with Gasteiger partial charge in [0, 0.05) is 6.08 Å². The van der Waals surface area contributed by atoms with E-state index in [1.54, 1.807) is 0 Å². The van der Waals surface area contributed by atoms with Gasteiger partial charge in [-0.2, -0.15) is 13.2 Å². The van der Waals surface area contributed by atoms with Gasteiger partial charge in [-0.25, -0.2) is 4.79 Å². The zero-order valence-corrected chi connectivity index (χ0v) is 5.20. The molecule has 0 aliphatic rings. The van der Waals surface area contributed by atoms with Crippen molar-refractivity contribution in [2.45, 2.75) is 6.18 Å². The van der Waals surface area contributed by atoms with Gasteiger partial charge in [0.1, 0.15) is 5.03 Å². The van der Waals surface area contributed by atoms with Crippen molar-refractivity contribution >= 4 is 17.6 Å². The summed E-state index contributed by atoms with van der Waals surface area (Å²) in [6, 6.07) is 0. The van der Waals surface area contributed by atoms with Gasteiger partial charge in [0.2, 0.25) is 0 Å². The highest BCUT2D eigenvalue weighted by molar-refractivity contribution is 6.31. The first kappa shape index (κ1) is 9.29. The number of allylic oxidation sites excluding steroid dienone is 1. The van der Waals surface area contributed by atoms with Gasteiger partial charge in [-0.05, 0) is 0 Å². The molecule has 0 aliphatic carbocycles. The number of carboxylic acids is 1. The Labute approximate surface area is 58.9 Å². The number of carbonyl (C=O) groups is 1. The molecule has 0 rings (SSSR count). The van der Waals surface area contributed by atoms with Crippen molar-refractivity contribution < 1.29 is 23.1 Å². The molecule has 0 aromatic heterocycles. The normalized spacial score (nSPS) is 13.4. The summed E-state index contributed by atoms with van der Waals surface area (Å²) in [5, 5.41) is 6.15. The molecule has 0 aromatic carbocycles. The van der Waals surface area contributed by atoms with Gasteiger partial charge >= 0.3 is 12.1 Å². The van der Waals surface area contributed by atoms with E-state index in [9.17, 15) is 18.0 Å². The molecule has 2 nitrogen and oxygen atoms in total. The second kappa shape index (κ2) is 2.92. The molecule has 0 saturated carbocycles. The predicted octanol–water partition coefficient (Wildman–Crippen LogP) is 1.76. The van der Waals surface area contributed by atoms with E-state index < -0.39 is 17.2 Å². The minimum atomic E-state index is -4.76. The molecule has 0 heterocycles. The van der Waals surface area contributed by atoms with Crippen LogP contribution < -0.4 is 0 Å². The zero-order chi connectivity index (χ0) is 8.36. The lowest BCUT2D eigenvalue weighted by molar-refractivity contribution is -0.132. The standard InChI is InChI=1S/C4H2ClF3O2/c5-2(1-3(9)10)4(6,7)8/h1H,(H,9,10). The molecule has 0 saturated heterocycles. The average Bonchev–Trinajstić information content (AvgIpc) is 1.60. The minimum Gasteiger partial charge on any atom is -0.478 e. The first-order chi connectivity index (χ1) is 4.34. The van der Waals surface area contributed by atoms with Crippen LogP contribution >= 0.6 is 11.6 Å². The third-order valence-electron chi connectivity index (χ3n) is 0.521. The van der Waals surface area contributed by atoms with E-state index in [-0.39, 0.29) is 6.08 Å². The first-order valence-electron chi connectivity index (χ1n) is 2.01. The van der Waals surface area contributed by atoms with Crippen LogP contribution in [-0.4, -0.2) is 17.3 Å². The largest absolute Gasteiger partial charge is 0.478 e. The second-order valence-corrected chi connectivity index (χ2v) is 1.74. The number of hydrogen-bond donors (Lipinski definition) is 1. The van der Waals surface area contributed by atoms with Crippen LogP contribution in [0, 0.1) is 0 Å². The minimum absolute atomic E-state index is 0.110. The third kappa shape index (κ3) is 3.34. The Morgan fingerprint density at radius 2 is 1.90 bits per heavy atom. The quantitative estimate of drug-likeness (QED) is 0.615. The molecule has 58 valence electrons. The molecule has 0 aromatic rings. The number of rotatable bonds is 1. The SMILES string of the molecule is O=C(O)C=C(Cl)C(F)(F)F. The Balaban J connectivity index is 4.35. The number of halogens is 4. The van der Waals surface area contributed by atoms with Crippen molar-refractivity contribution in [3.63, 3.8) is 0 Å². The number of carboxylic acid groups (broad SMARTS) is 1. The highest BCUT2D eigenvalue weighted by Crippen LogP contribution is 2.27. The van der Waals surface area contributed by atoms with E-state index >= 15 is 0 Å². The monoisotopic (exact) mass is 174 g/mol. The summed E-state index contributed by atoms with van der Waals surface area (Å²) in [6.45, 7) is 0. The molecule has 0 bridgehead atoms. The summed E-state index contributed by atoms with van der Waals surface area (Å²) >= 11 is 4.51. The molecule has 0 amide bonds. The van der Waals surface area contributed by atoms with E-state index in [2.05, 4.69) is 11.6 Å². The first-order valence-corrected chi connectivity index (χ1v) is 2.39. The van der Waals surface area contributed by atoms with E-state index in [0.29, 0.717) is 0 Å². The highest BCUT2D eigenvalue weighted by Gasteiger charge is 2.32. The molecule has 0 radical (unpaired) electrons. The second-order valence-electron chi connectivity index (χ2n) is 1.33. The summed E-state index contributed by atoms with van der Waals surface area (Å²) in [7, 11) is 0. The average molecular weight is 175 g/mol. The maximum absolute atomic E-state index is 11.3. The van der Waals surface area contributed by atoms with Crippen molar-refractivity contribution in [2.24, 2.45) is 0 Å². The Kier molecular flexibility index (Phi) is 2.71. The zero-order valence-electron chi connectivity index (χ0n) is 4.44. The van der Waals surface area contributed by atoms with E-state index in [1.807, 2.05) is 0 Å². The maximum Gasteiger partial charge on any atom is 0.427 e. The molecule has 10 heavy (non-hydrogen) atoms. The van der Waals surface area contributed by atoms with Crippen LogP contribution in [-0.2, 0) is 4.79 Å². The van der Waals surface area contributed by atoms with Crippen molar-refractivity contribution in [3.8, 4) is 0 Å². The Bertz CT molecular complexity index is 172. The van der Waals surface area contributed by atoms with Gasteiger partial charge in [-0.3, -0.25) is 0 Å². The van der Waals surface area contributed by atoms with Crippen LogP contribution in [0.2, 0.25) is 0 Å². The smallest absolute Gasteiger partial charge is 0.427 e. The van der Waals surface area contributed by atoms with Gasteiger partial charge in [-0.1, -0.05) is 11.6 Å². The molecule has 0 unspecified atom stereocenters. The van der Waals surface area contributed by atoms with E-state index in [4.69, 9.17) is 5.11 Å². The van der Waals surface area contributed by atoms with Gasteiger partial charge in [0.15, 0.2) is 0 Å². The van der Waals surface area contributed by atoms with Crippen molar-refractivity contribution in [1.82, 2.24) is 0 Å². The van der Waals surface area contributed by atoms with Crippen molar-refractivity contribution in [3.05, 3.63) is 11.1 Å². The Morgan fingerprint density at radius 1 is 1.50 bits per heavy atom. The van der Waals surface area contributed by atoms with Gasteiger partial charge in [0.05, 0.1) is 0 Å². The maximum atomic E-state index is 11.3. The Morgan fingerprint density at radius 3 is 2.00 bits per heavy atom. The Hall–Kier alpha value is -0.710. The summed E-state index contributed by atoms with van der Waals surface area (Å²) < 4.78 is 34.0. The lowest BCUT2D eigenvalue weighted by atomic mass is 10.5. The summed E-state index contributed by atoms with van der Waals surface area (Å²) in [5.41, 5.74) is 0. The van der Waals surface area contributed by atoms with Crippen LogP contribution in [0.25, 0.3) is 0 Å². The molecular weight excluding hydrogens is 172 g/mol. The summed E-state index contributed by atoms with van der Waals surface area (Å²) in [6.07, 6.45) is -4.87. The molecule has 0 aliphatic heterocycles. The molecule has 6 heteroatoms. The lowest BCUT2D eigenvalue weighted by Gasteiger charge is -2.01. The van der Waals surface area contributed by atoms with Gasteiger partial charge in [-0.15, -0.1) is 0 Å². The third-order valence-corrected chi connectivity index (χ3v) is 0.844. The predicted molar refractivity (Wildman–Crippen MR) is 27.6 cm³/mol. The van der Waals surface area contributed by atoms with Crippen LogP contribution in [0.3, 0.4) is 0 Å². The van der Waals surface area contributed by atoms with Crippen LogP contribution in [0.5, 0.6) is 0 Å². The van der Waals surface area contributed by atoms with Crippen LogP contribution in [0.4, 0.5) is 13.2 Å². The van der Waals surface area contributed by atoms with Crippen molar-refractivity contribution in [2.75, 3.05) is 0 Å². The summed E-state index contributed by atoms with van der Waals surface area (Å²) in [5.74, 6) is -1.72. The molecular formula is C4H2ClF3O2. The number of alkyl halides is 3.